The van der Waals surface area contributed by atoms with Gasteiger partial charge in [0.2, 0.25) is 0 Å². The van der Waals surface area contributed by atoms with Crippen LogP contribution in [-0.2, 0) is 4.74 Å². The van der Waals surface area contributed by atoms with E-state index in [-0.39, 0.29) is 6.09 Å². The summed E-state index contributed by atoms with van der Waals surface area (Å²) in [5, 5.41) is 0. The number of carbonyl (C=O) groups excluding carboxylic acids is 1. The van der Waals surface area contributed by atoms with E-state index in [1.807, 2.05) is 4.90 Å². The van der Waals surface area contributed by atoms with Crippen LogP contribution in [-0.4, -0.2) is 30.7 Å². The summed E-state index contributed by atoms with van der Waals surface area (Å²) in [7, 11) is 0. The number of hydrogen-bond donors (Lipinski definition) is 0. The van der Waals surface area contributed by atoms with Gasteiger partial charge in [0, 0.05) is 13.1 Å². The van der Waals surface area contributed by atoms with E-state index in [1.165, 1.54) is 12.8 Å². The normalized spacial score (nSPS) is 18.1. The molecule has 0 bridgehead atoms. The maximum atomic E-state index is 11.6. The molecule has 1 saturated heterocycles. The van der Waals surface area contributed by atoms with Crippen molar-refractivity contribution < 1.29 is 9.53 Å². The van der Waals surface area contributed by atoms with Crippen LogP contribution in [0, 0.1) is 5.92 Å². The molecule has 0 saturated carbocycles. The van der Waals surface area contributed by atoms with Crippen molar-refractivity contribution in [2.24, 2.45) is 5.92 Å². The van der Waals surface area contributed by atoms with E-state index in [0.717, 1.165) is 25.9 Å². The number of likely N-dealkylation sites (tertiary alicyclic amines) is 1. The van der Waals surface area contributed by atoms with Gasteiger partial charge in [0.25, 0.3) is 0 Å². The fraction of sp³-hybridized carbons (Fsp3) is 0.909. The van der Waals surface area contributed by atoms with Crippen molar-refractivity contribution in [2.45, 2.75) is 39.5 Å². The Labute approximate surface area is 86.4 Å². The molecule has 82 valence electrons. The summed E-state index contributed by atoms with van der Waals surface area (Å²) in [5.41, 5.74) is 0. The van der Waals surface area contributed by atoms with Crippen LogP contribution in [0.25, 0.3) is 0 Å². The van der Waals surface area contributed by atoms with Gasteiger partial charge in [0.05, 0.1) is 6.61 Å². The molecule has 1 fully saturated rings. The highest BCUT2D eigenvalue weighted by molar-refractivity contribution is 5.67. The fourth-order valence-corrected chi connectivity index (χ4v) is 1.58. The molecule has 3 heteroatoms. The summed E-state index contributed by atoms with van der Waals surface area (Å²) >= 11 is 0. The first-order chi connectivity index (χ1) is 6.70. The highest BCUT2D eigenvalue weighted by atomic mass is 16.6. The van der Waals surface area contributed by atoms with E-state index in [4.69, 9.17) is 4.74 Å². The molecule has 1 aliphatic heterocycles. The molecular formula is C11H21NO2. The zero-order valence-corrected chi connectivity index (χ0v) is 9.29. The highest BCUT2D eigenvalue weighted by Gasteiger charge is 2.16. The second-order valence-corrected chi connectivity index (χ2v) is 4.37. The van der Waals surface area contributed by atoms with E-state index < -0.39 is 0 Å². The molecule has 0 aromatic rings. The Morgan fingerprint density at radius 1 is 1.21 bits per heavy atom. The molecule has 0 aliphatic carbocycles. The van der Waals surface area contributed by atoms with Gasteiger partial charge < -0.3 is 9.64 Å². The molecule has 1 aliphatic rings. The van der Waals surface area contributed by atoms with Crippen LogP contribution >= 0.6 is 0 Å². The second-order valence-electron chi connectivity index (χ2n) is 4.37. The molecule has 0 radical (unpaired) electrons. The van der Waals surface area contributed by atoms with Crippen LogP contribution in [0.5, 0.6) is 0 Å². The lowest BCUT2D eigenvalue weighted by atomic mass is 10.2. The van der Waals surface area contributed by atoms with Crippen molar-refractivity contribution in [3.63, 3.8) is 0 Å². The third kappa shape index (κ3) is 3.99. The van der Waals surface area contributed by atoms with Gasteiger partial charge in [-0.25, -0.2) is 4.79 Å². The number of ether oxygens (including phenoxy) is 1. The van der Waals surface area contributed by atoms with Crippen LogP contribution in [0.2, 0.25) is 0 Å². The summed E-state index contributed by atoms with van der Waals surface area (Å²) in [6.07, 6.45) is 4.61. The number of rotatable bonds is 2. The molecule has 14 heavy (non-hydrogen) atoms. The number of amides is 1. The van der Waals surface area contributed by atoms with E-state index in [2.05, 4.69) is 13.8 Å². The fourth-order valence-electron chi connectivity index (χ4n) is 1.58. The minimum atomic E-state index is -0.124. The third-order valence-electron chi connectivity index (χ3n) is 2.40. The van der Waals surface area contributed by atoms with Crippen LogP contribution < -0.4 is 0 Å². The molecule has 0 atom stereocenters. The molecule has 0 aromatic heterocycles. The number of hydrogen-bond acceptors (Lipinski definition) is 2. The first kappa shape index (κ1) is 11.3. The van der Waals surface area contributed by atoms with E-state index in [9.17, 15) is 4.79 Å². The standard InChI is InChI=1S/C11H21NO2/c1-10(2)9-14-11(13)12-7-5-3-4-6-8-12/h10H,3-9H2,1-2H3. The highest BCUT2D eigenvalue weighted by Crippen LogP contribution is 2.10. The van der Waals surface area contributed by atoms with Crippen LogP contribution in [0.1, 0.15) is 39.5 Å². The van der Waals surface area contributed by atoms with Gasteiger partial charge in [-0.3, -0.25) is 0 Å². The minimum absolute atomic E-state index is 0.124. The Balaban J connectivity index is 2.27. The SMILES string of the molecule is CC(C)COC(=O)N1CCCCCC1. The van der Waals surface area contributed by atoms with Crippen molar-refractivity contribution in [3.05, 3.63) is 0 Å². The average molecular weight is 199 g/mol. The minimum Gasteiger partial charge on any atom is -0.449 e. The summed E-state index contributed by atoms with van der Waals surface area (Å²) in [4.78, 5) is 13.4. The second kappa shape index (κ2) is 5.89. The van der Waals surface area contributed by atoms with Gasteiger partial charge in [-0.15, -0.1) is 0 Å². The maximum Gasteiger partial charge on any atom is 0.409 e. The van der Waals surface area contributed by atoms with E-state index in [1.54, 1.807) is 0 Å². The van der Waals surface area contributed by atoms with Crippen molar-refractivity contribution in [2.75, 3.05) is 19.7 Å². The predicted octanol–water partition coefficient (Wildman–Crippen LogP) is 2.66. The van der Waals surface area contributed by atoms with Gasteiger partial charge in [0.15, 0.2) is 0 Å². The van der Waals surface area contributed by atoms with Crippen molar-refractivity contribution in [1.29, 1.82) is 0 Å². The molecule has 1 rings (SSSR count). The molecule has 1 heterocycles. The first-order valence-electron chi connectivity index (χ1n) is 5.62. The number of carbonyl (C=O) groups is 1. The largest absolute Gasteiger partial charge is 0.449 e. The molecule has 0 unspecified atom stereocenters. The lowest BCUT2D eigenvalue weighted by Gasteiger charge is -2.20. The van der Waals surface area contributed by atoms with Crippen molar-refractivity contribution >= 4 is 6.09 Å². The lowest BCUT2D eigenvalue weighted by molar-refractivity contribution is 0.0932. The summed E-state index contributed by atoms with van der Waals surface area (Å²) in [6.45, 7) is 6.38. The topological polar surface area (TPSA) is 29.5 Å². The van der Waals surface area contributed by atoms with Crippen LogP contribution in [0.3, 0.4) is 0 Å². The molecular weight excluding hydrogens is 178 g/mol. The Hall–Kier alpha value is -0.730. The van der Waals surface area contributed by atoms with Gasteiger partial charge in [-0.05, 0) is 18.8 Å². The third-order valence-corrected chi connectivity index (χ3v) is 2.40. The lowest BCUT2D eigenvalue weighted by Crippen LogP contribution is -2.33. The smallest absolute Gasteiger partial charge is 0.409 e. The van der Waals surface area contributed by atoms with Crippen LogP contribution in [0.15, 0.2) is 0 Å². The Morgan fingerprint density at radius 2 is 1.79 bits per heavy atom. The summed E-state index contributed by atoms with van der Waals surface area (Å²) < 4.78 is 5.19. The van der Waals surface area contributed by atoms with E-state index >= 15 is 0 Å². The van der Waals surface area contributed by atoms with Gasteiger partial charge >= 0.3 is 6.09 Å². The van der Waals surface area contributed by atoms with Gasteiger partial charge in [0.1, 0.15) is 0 Å². The summed E-state index contributed by atoms with van der Waals surface area (Å²) in [6, 6.07) is 0. The zero-order chi connectivity index (χ0) is 10.4. The predicted molar refractivity (Wildman–Crippen MR) is 56.2 cm³/mol. The molecule has 0 aromatic carbocycles. The van der Waals surface area contributed by atoms with Crippen molar-refractivity contribution in [3.8, 4) is 0 Å². The molecule has 1 amide bonds. The van der Waals surface area contributed by atoms with Gasteiger partial charge in [-0.2, -0.15) is 0 Å². The average Bonchev–Trinajstić information content (AvgIpc) is 2.42. The monoisotopic (exact) mass is 199 g/mol. The Kier molecular flexibility index (Phi) is 4.77. The molecule has 0 N–H and O–H groups in total. The van der Waals surface area contributed by atoms with Crippen molar-refractivity contribution in [1.82, 2.24) is 4.90 Å². The number of nitrogens with zero attached hydrogens (tertiary/aromatic N) is 1. The molecule has 0 spiro atoms. The Bertz CT molecular complexity index is 172. The van der Waals surface area contributed by atoms with Crippen LogP contribution in [0.4, 0.5) is 4.79 Å². The molecule has 3 nitrogen and oxygen atoms in total. The summed E-state index contributed by atoms with van der Waals surface area (Å²) in [5.74, 6) is 0.422. The van der Waals surface area contributed by atoms with E-state index in [0.29, 0.717) is 12.5 Å². The quantitative estimate of drug-likeness (QED) is 0.684. The van der Waals surface area contributed by atoms with Gasteiger partial charge in [-0.1, -0.05) is 26.7 Å². The zero-order valence-electron chi connectivity index (χ0n) is 9.29. The Morgan fingerprint density at radius 3 is 2.29 bits per heavy atom. The maximum absolute atomic E-state index is 11.6. The first-order valence-corrected chi connectivity index (χ1v) is 5.62.